The summed E-state index contributed by atoms with van der Waals surface area (Å²) in [6.45, 7) is 4.04. The second kappa shape index (κ2) is 8.99. The van der Waals surface area contributed by atoms with Crippen molar-refractivity contribution in [2.24, 2.45) is 17.4 Å². The topological polar surface area (TPSA) is 117 Å². The van der Waals surface area contributed by atoms with Crippen LogP contribution in [0.5, 0.6) is 11.5 Å². The highest BCUT2D eigenvalue weighted by Crippen LogP contribution is 2.28. The van der Waals surface area contributed by atoms with E-state index in [1.54, 1.807) is 18.2 Å². The molecule has 0 aromatic heterocycles. The Kier molecular flexibility index (Phi) is 7.34. The highest BCUT2D eigenvalue weighted by atomic mass is 16.5. The molecule has 0 spiro atoms. The molecule has 2 amide bonds. The third-order valence-corrected chi connectivity index (χ3v) is 3.62. The Morgan fingerprint density at radius 1 is 1.30 bits per heavy atom. The van der Waals surface area contributed by atoms with Crippen LogP contribution in [-0.2, 0) is 16.1 Å². The average Bonchev–Trinajstić information content (AvgIpc) is 2.56. The average molecular weight is 323 g/mol. The monoisotopic (exact) mass is 323 g/mol. The molecular formula is C16H25N3O4. The Bertz CT molecular complexity index is 548. The van der Waals surface area contributed by atoms with Gasteiger partial charge >= 0.3 is 0 Å². The number of nitrogens with two attached hydrogens (primary N) is 2. The predicted molar refractivity (Wildman–Crippen MR) is 87.0 cm³/mol. The van der Waals surface area contributed by atoms with Crippen molar-refractivity contribution in [1.82, 2.24) is 5.32 Å². The largest absolute Gasteiger partial charge is 0.493 e. The molecule has 2 atom stereocenters. The summed E-state index contributed by atoms with van der Waals surface area (Å²) in [5.74, 6) is 0.241. The lowest BCUT2D eigenvalue weighted by molar-refractivity contribution is -0.123. The molecule has 128 valence electrons. The number of ether oxygens (including phenoxy) is 2. The molecule has 0 aliphatic heterocycles. The van der Waals surface area contributed by atoms with Crippen molar-refractivity contribution in [3.05, 3.63) is 23.8 Å². The first-order valence-electron chi connectivity index (χ1n) is 7.50. The number of primary amides is 1. The fourth-order valence-corrected chi connectivity index (χ4v) is 1.91. The fraction of sp³-hybridized carbons (Fsp3) is 0.500. The van der Waals surface area contributed by atoms with Crippen LogP contribution in [0.3, 0.4) is 0 Å². The Morgan fingerprint density at radius 3 is 2.57 bits per heavy atom. The number of nitrogens with one attached hydrogen (secondary N) is 1. The summed E-state index contributed by atoms with van der Waals surface area (Å²) in [4.78, 5) is 22.7. The van der Waals surface area contributed by atoms with Crippen molar-refractivity contribution >= 4 is 11.8 Å². The lowest BCUT2D eigenvalue weighted by atomic mass is 9.99. The summed E-state index contributed by atoms with van der Waals surface area (Å²) in [6.07, 6.45) is 0.842. The lowest BCUT2D eigenvalue weighted by Gasteiger charge is -2.18. The van der Waals surface area contributed by atoms with Crippen LogP contribution in [-0.4, -0.2) is 31.6 Å². The summed E-state index contributed by atoms with van der Waals surface area (Å²) < 4.78 is 10.5. The molecule has 1 rings (SSSR count). The third-order valence-electron chi connectivity index (χ3n) is 3.62. The number of carbonyl (C=O) groups is 2. The maximum Gasteiger partial charge on any atom is 0.255 e. The van der Waals surface area contributed by atoms with E-state index in [-0.39, 0.29) is 18.4 Å². The maximum absolute atomic E-state index is 12.0. The standard InChI is InChI=1S/C16H25N3O4/c1-4-10(2)15(18)16(21)19-8-11-5-6-12(13(7-11)22-3)23-9-14(17)20/h5-7,10,15H,4,8-9,18H2,1-3H3,(H2,17,20)(H,19,21). The Hall–Kier alpha value is -2.28. The van der Waals surface area contributed by atoms with Crippen LogP contribution in [0.15, 0.2) is 18.2 Å². The molecule has 0 saturated heterocycles. The summed E-state index contributed by atoms with van der Waals surface area (Å²) in [6, 6.07) is 4.64. The molecule has 5 N–H and O–H groups in total. The summed E-state index contributed by atoms with van der Waals surface area (Å²) in [7, 11) is 1.49. The van der Waals surface area contributed by atoms with E-state index in [1.165, 1.54) is 7.11 Å². The van der Waals surface area contributed by atoms with Crippen molar-refractivity contribution in [3.63, 3.8) is 0 Å². The number of benzene rings is 1. The van der Waals surface area contributed by atoms with Gasteiger partial charge in [-0.2, -0.15) is 0 Å². The summed E-state index contributed by atoms with van der Waals surface area (Å²) >= 11 is 0. The number of rotatable bonds is 9. The molecule has 0 saturated carbocycles. The molecule has 0 aliphatic rings. The minimum Gasteiger partial charge on any atom is -0.493 e. The number of carbonyl (C=O) groups excluding carboxylic acids is 2. The second-order valence-corrected chi connectivity index (χ2v) is 5.37. The highest BCUT2D eigenvalue weighted by Gasteiger charge is 2.19. The molecule has 0 bridgehead atoms. The zero-order valence-electron chi connectivity index (χ0n) is 13.8. The lowest BCUT2D eigenvalue weighted by Crippen LogP contribution is -2.44. The van der Waals surface area contributed by atoms with Gasteiger partial charge in [0.2, 0.25) is 5.91 Å². The van der Waals surface area contributed by atoms with Gasteiger partial charge in [-0.1, -0.05) is 26.3 Å². The van der Waals surface area contributed by atoms with Crippen molar-refractivity contribution in [2.45, 2.75) is 32.9 Å². The highest BCUT2D eigenvalue weighted by molar-refractivity contribution is 5.81. The Labute approximate surface area is 136 Å². The maximum atomic E-state index is 12.0. The van der Waals surface area contributed by atoms with E-state index < -0.39 is 11.9 Å². The van der Waals surface area contributed by atoms with Crippen LogP contribution < -0.4 is 26.3 Å². The first-order chi connectivity index (χ1) is 10.9. The number of hydrogen-bond donors (Lipinski definition) is 3. The third kappa shape index (κ3) is 5.78. The first kappa shape index (κ1) is 18.8. The van der Waals surface area contributed by atoms with Crippen molar-refractivity contribution in [1.29, 1.82) is 0 Å². The number of hydrogen-bond acceptors (Lipinski definition) is 5. The predicted octanol–water partition coefficient (Wildman–Crippen LogP) is 0.549. The van der Waals surface area contributed by atoms with Gasteiger partial charge in [0, 0.05) is 6.54 Å². The van der Waals surface area contributed by atoms with Crippen molar-refractivity contribution < 1.29 is 19.1 Å². The minimum absolute atomic E-state index is 0.120. The summed E-state index contributed by atoms with van der Waals surface area (Å²) in [5.41, 5.74) is 11.8. The molecule has 7 heteroatoms. The smallest absolute Gasteiger partial charge is 0.255 e. The van der Waals surface area contributed by atoms with Crippen molar-refractivity contribution in [2.75, 3.05) is 13.7 Å². The van der Waals surface area contributed by atoms with Gasteiger partial charge in [-0.25, -0.2) is 0 Å². The van der Waals surface area contributed by atoms with E-state index in [2.05, 4.69) is 5.32 Å². The van der Waals surface area contributed by atoms with Gasteiger partial charge in [0.25, 0.3) is 5.91 Å². The van der Waals surface area contributed by atoms with Crippen molar-refractivity contribution in [3.8, 4) is 11.5 Å². The van der Waals surface area contributed by atoms with E-state index in [1.807, 2.05) is 13.8 Å². The van der Waals surface area contributed by atoms with Gasteiger partial charge in [0.1, 0.15) is 0 Å². The molecule has 1 aromatic rings. The summed E-state index contributed by atoms with van der Waals surface area (Å²) in [5, 5.41) is 2.80. The zero-order chi connectivity index (χ0) is 17.4. The molecule has 0 heterocycles. The van der Waals surface area contributed by atoms with E-state index in [0.717, 1.165) is 12.0 Å². The van der Waals surface area contributed by atoms with E-state index >= 15 is 0 Å². The fourth-order valence-electron chi connectivity index (χ4n) is 1.91. The van der Waals surface area contributed by atoms with Crippen LogP contribution in [0, 0.1) is 5.92 Å². The quantitative estimate of drug-likeness (QED) is 0.613. The van der Waals surface area contributed by atoms with Gasteiger partial charge in [0.15, 0.2) is 18.1 Å². The van der Waals surface area contributed by atoms with E-state index in [0.29, 0.717) is 18.0 Å². The number of methoxy groups -OCH3 is 1. The Balaban J connectivity index is 2.67. The molecule has 1 aromatic carbocycles. The minimum atomic E-state index is -0.567. The molecule has 0 aliphatic carbocycles. The van der Waals surface area contributed by atoms with Gasteiger partial charge in [0.05, 0.1) is 13.2 Å². The molecule has 0 radical (unpaired) electrons. The molecule has 2 unspecified atom stereocenters. The van der Waals surface area contributed by atoms with Crippen LogP contribution in [0.25, 0.3) is 0 Å². The Morgan fingerprint density at radius 2 is 2.00 bits per heavy atom. The van der Waals surface area contributed by atoms with Gasteiger partial charge in [-0.15, -0.1) is 0 Å². The zero-order valence-corrected chi connectivity index (χ0v) is 13.8. The first-order valence-corrected chi connectivity index (χ1v) is 7.50. The van der Waals surface area contributed by atoms with Crippen LogP contribution in [0.1, 0.15) is 25.8 Å². The van der Waals surface area contributed by atoms with E-state index in [9.17, 15) is 9.59 Å². The number of amides is 2. The SMILES string of the molecule is CCC(C)C(N)C(=O)NCc1ccc(OCC(N)=O)c(OC)c1. The van der Waals surface area contributed by atoms with Crippen LogP contribution in [0.2, 0.25) is 0 Å². The van der Waals surface area contributed by atoms with Crippen LogP contribution >= 0.6 is 0 Å². The molecule has 0 fully saturated rings. The molecule has 7 nitrogen and oxygen atoms in total. The van der Waals surface area contributed by atoms with E-state index in [4.69, 9.17) is 20.9 Å². The van der Waals surface area contributed by atoms with Gasteiger partial charge in [-0.3, -0.25) is 9.59 Å². The van der Waals surface area contributed by atoms with Gasteiger partial charge < -0.3 is 26.3 Å². The second-order valence-electron chi connectivity index (χ2n) is 5.37. The molecule has 23 heavy (non-hydrogen) atoms. The van der Waals surface area contributed by atoms with Crippen LogP contribution in [0.4, 0.5) is 0 Å². The molecular weight excluding hydrogens is 298 g/mol. The van der Waals surface area contributed by atoms with Gasteiger partial charge in [-0.05, 0) is 23.6 Å². The normalized spacial score (nSPS) is 13.0.